The quantitative estimate of drug-likeness (QED) is 0.781. The average molecular weight is 345 g/mol. The first-order chi connectivity index (χ1) is 9.95. The number of anilines is 1. The van der Waals surface area contributed by atoms with Crippen LogP contribution in [0.4, 0.5) is 10.5 Å². The lowest BCUT2D eigenvalue weighted by Gasteiger charge is -2.09. The second kappa shape index (κ2) is 6.80. The van der Waals surface area contributed by atoms with Gasteiger partial charge in [-0.3, -0.25) is 0 Å². The van der Waals surface area contributed by atoms with Crippen molar-refractivity contribution in [2.24, 2.45) is 0 Å². The zero-order valence-electron chi connectivity index (χ0n) is 10.5. The zero-order valence-corrected chi connectivity index (χ0v) is 12.9. The van der Waals surface area contributed by atoms with Crippen molar-refractivity contribution >= 4 is 52.2 Å². The molecule has 0 bridgehead atoms. The van der Waals surface area contributed by atoms with Crippen LogP contribution < -0.4 is 10.6 Å². The van der Waals surface area contributed by atoms with Crippen LogP contribution in [0.2, 0.25) is 9.36 Å². The largest absolute Gasteiger partial charge is 0.478 e. The predicted molar refractivity (Wildman–Crippen MR) is 83.6 cm³/mol. The molecule has 0 atom stereocenters. The number of nitrogens with one attached hydrogen (secondary N) is 2. The Morgan fingerprint density at radius 1 is 1.19 bits per heavy atom. The Balaban J connectivity index is 2.01. The number of hydrogen-bond donors (Lipinski definition) is 3. The maximum atomic E-state index is 11.8. The van der Waals surface area contributed by atoms with Gasteiger partial charge in [-0.15, -0.1) is 11.3 Å². The first-order valence-electron chi connectivity index (χ1n) is 5.77. The van der Waals surface area contributed by atoms with Crippen molar-refractivity contribution in [1.29, 1.82) is 0 Å². The maximum absolute atomic E-state index is 11.8. The number of halogens is 2. The van der Waals surface area contributed by atoms with Crippen LogP contribution in [0.15, 0.2) is 30.3 Å². The van der Waals surface area contributed by atoms with Gasteiger partial charge in [0.25, 0.3) is 0 Å². The summed E-state index contributed by atoms with van der Waals surface area (Å²) in [5.41, 5.74) is 0.102. The van der Waals surface area contributed by atoms with E-state index in [-0.39, 0.29) is 16.3 Å². The summed E-state index contributed by atoms with van der Waals surface area (Å²) in [7, 11) is 0. The number of hydrogen-bond acceptors (Lipinski definition) is 3. The maximum Gasteiger partial charge on any atom is 0.337 e. The second-order valence-electron chi connectivity index (χ2n) is 4.01. The van der Waals surface area contributed by atoms with E-state index in [9.17, 15) is 9.59 Å². The van der Waals surface area contributed by atoms with Gasteiger partial charge in [0, 0.05) is 9.90 Å². The van der Waals surface area contributed by atoms with E-state index in [0.29, 0.717) is 10.9 Å². The molecule has 5 nitrogen and oxygen atoms in total. The van der Waals surface area contributed by atoms with Crippen molar-refractivity contribution in [2.45, 2.75) is 6.54 Å². The molecule has 0 saturated heterocycles. The van der Waals surface area contributed by atoms with Gasteiger partial charge in [-0.05, 0) is 30.3 Å². The standard InChI is InChI=1S/C13H10Cl2N2O3S/c14-7-1-3-10(9(5-7)12(18)19)17-13(20)16-6-8-2-4-11(15)21-8/h1-5H,6H2,(H,18,19)(H2,16,17,20). The number of aromatic carboxylic acids is 1. The smallest absolute Gasteiger partial charge is 0.337 e. The molecule has 1 aromatic heterocycles. The molecule has 3 N–H and O–H groups in total. The molecule has 0 unspecified atom stereocenters. The third kappa shape index (κ3) is 4.35. The Kier molecular flexibility index (Phi) is 5.06. The molecule has 0 spiro atoms. The minimum absolute atomic E-state index is 0.0724. The van der Waals surface area contributed by atoms with Crippen LogP contribution >= 0.6 is 34.5 Å². The van der Waals surface area contributed by atoms with Crippen LogP contribution in [0.5, 0.6) is 0 Å². The van der Waals surface area contributed by atoms with Gasteiger partial charge < -0.3 is 15.7 Å². The summed E-state index contributed by atoms with van der Waals surface area (Å²) in [6.07, 6.45) is 0. The van der Waals surface area contributed by atoms with Crippen molar-refractivity contribution in [3.63, 3.8) is 0 Å². The van der Waals surface area contributed by atoms with Gasteiger partial charge in [-0.2, -0.15) is 0 Å². The molecule has 2 aromatic rings. The van der Waals surface area contributed by atoms with Crippen molar-refractivity contribution in [1.82, 2.24) is 5.32 Å². The summed E-state index contributed by atoms with van der Waals surface area (Å²) < 4.78 is 0.637. The third-order valence-electron chi connectivity index (χ3n) is 2.51. The number of amides is 2. The summed E-state index contributed by atoms with van der Waals surface area (Å²) >= 11 is 12.9. The molecule has 2 amide bonds. The van der Waals surface area contributed by atoms with E-state index in [1.54, 1.807) is 12.1 Å². The Morgan fingerprint density at radius 3 is 2.57 bits per heavy atom. The van der Waals surface area contributed by atoms with E-state index in [0.717, 1.165) is 4.88 Å². The van der Waals surface area contributed by atoms with Crippen LogP contribution in [-0.2, 0) is 6.54 Å². The molecule has 0 aliphatic carbocycles. The highest BCUT2D eigenvalue weighted by Crippen LogP contribution is 2.22. The molecule has 21 heavy (non-hydrogen) atoms. The van der Waals surface area contributed by atoms with E-state index in [1.807, 2.05) is 0 Å². The molecular weight excluding hydrogens is 335 g/mol. The second-order valence-corrected chi connectivity index (χ2v) is 6.24. The summed E-state index contributed by atoms with van der Waals surface area (Å²) in [6, 6.07) is 7.25. The minimum atomic E-state index is -1.17. The van der Waals surface area contributed by atoms with E-state index in [1.165, 1.54) is 29.5 Å². The number of carboxylic acid groups (broad SMARTS) is 1. The van der Waals surface area contributed by atoms with E-state index >= 15 is 0 Å². The van der Waals surface area contributed by atoms with Crippen LogP contribution in [0.1, 0.15) is 15.2 Å². The summed E-state index contributed by atoms with van der Waals surface area (Å²) in [5.74, 6) is -1.17. The van der Waals surface area contributed by atoms with Gasteiger partial charge in [0.05, 0.1) is 22.1 Å². The SMILES string of the molecule is O=C(NCc1ccc(Cl)s1)Nc1ccc(Cl)cc1C(=O)O. The molecule has 0 saturated carbocycles. The number of carboxylic acids is 1. The molecular formula is C13H10Cl2N2O3S. The number of rotatable bonds is 4. The van der Waals surface area contributed by atoms with E-state index in [4.69, 9.17) is 28.3 Å². The summed E-state index contributed by atoms with van der Waals surface area (Å²) in [4.78, 5) is 23.8. The highest BCUT2D eigenvalue weighted by atomic mass is 35.5. The fourth-order valence-corrected chi connectivity index (χ4v) is 2.78. The van der Waals surface area contributed by atoms with Gasteiger partial charge >= 0.3 is 12.0 Å². The Labute approximate surface area is 134 Å². The number of carbonyl (C=O) groups is 2. The number of urea groups is 1. The number of thiophene rings is 1. The monoisotopic (exact) mass is 344 g/mol. The van der Waals surface area contributed by atoms with Gasteiger partial charge in [-0.1, -0.05) is 23.2 Å². The van der Waals surface area contributed by atoms with Crippen molar-refractivity contribution in [3.05, 3.63) is 50.1 Å². The topological polar surface area (TPSA) is 78.4 Å². The lowest BCUT2D eigenvalue weighted by atomic mass is 10.2. The molecule has 1 heterocycles. The summed E-state index contributed by atoms with van der Waals surface area (Å²) in [5, 5.41) is 14.4. The molecule has 8 heteroatoms. The molecule has 1 aromatic carbocycles. The minimum Gasteiger partial charge on any atom is -0.478 e. The average Bonchev–Trinajstić information content (AvgIpc) is 2.84. The van der Waals surface area contributed by atoms with Crippen molar-refractivity contribution in [3.8, 4) is 0 Å². The van der Waals surface area contributed by atoms with Crippen LogP contribution in [0.3, 0.4) is 0 Å². The van der Waals surface area contributed by atoms with Gasteiger partial charge in [0.15, 0.2) is 0 Å². The first-order valence-corrected chi connectivity index (χ1v) is 7.35. The fraction of sp³-hybridized carbons (Fsp3) is 0.0769. The summed E-state index contributed by atoms with van der Waals surface area (Å²) in [6.45, 7) is 0.305. The van der Waals surface area contributed by atoms with Crippen LogP contribution in [0.25, 0.3) is 0 Å². The number of carbonyl (C=O) groups excluding carboxylic acids is 1. The molecule has 0 radical (unpaired) electrons. The van der Waals surface area contributed by atoms with Crippen molar-refractivity contribution < 1.29 is 14.7 Å². The van der Waals surface area contributed by atoms with Crippen LogP contribution in [-0.4, -0.2) is 17.1 Å². The zero-order chi connectivity index (χ0) is 15.4. The lowest BCUT2D eigenvalue weighted by molar-refractivity contribution is 0.0698. The van der Waals surface area contributed by atoms with E-state index in [2.05, 4.69) is 10.6 Å². The van der Waals surface area contributed by atoms with Gasteiger partial charge in [-0.25, -0.2) is 9.59 Å². The molecule has 0 aliphatic rings. The molecule has 0 aliphatic heterocycles. The van der Waals surface area contributed by atoms with E-state index < -0.39 is 12.0 Å². The van der Waals surface area contributed by atoms with Gasteiger partial charge in [0.2, 0.25) is 0 Å². The molecule has 2 rings (SSSR count). The lowest BCUT2D eigenvalue weighted by Crippen LogP contribution is -2.28. The predicted octanol–water partition coefficient (Wildman–Crippen LogP) is 4.07. The molecule has 110 valence electrons. The Bertz CT molecular complexity index is 688. The Morgan fingerprint density at radius 2 is 1.95 bits per heavy atom. The normalized spacial score (nSPS) is 10.2. The highest BCUT2D eigenvalue weighted by molar-refractivity contribution is 7.16. The van der Waals surface area contributed by atoms with Gasteiger partial charge in [0.1, 0.15) is 0 Å². The number of benzene rings is 1. The molecule has 0 fully saturated rings. The third-order valence-corrected chi connectivity index (χ3v) is 3.98. The van der Waals surface area contributed by atoms with Crippen LogP contribution in [0, 0.1) is 0 Å². The fourth-order valence-electron chi connectivity index (χ4n) is 1.58. The highest BCUT2D eigenvalue weighted by Gasteiger charge is 2.13. The van der Waals surface area contributed by atoms with Crippen molar-refractivity contribution in [2.75, 3.05) is 5.32 Å². The first kappa shape index (κ1) is 15.6. The Hall–Kier alpha value is -1.76.